The van der Waals surface area contributed by atoms with Crippen molar-refractivity contribution in [3.05, 3.63) is 36.5 Å². The van der Waals surface area contributed by atoms with Crippen molar-refractivity contribution in [1.82, 2.24) is 24.8 Å². The van der Waals surface area contributed by atoms with Crippen LogP contribution in [-0.4, -0.2) is 44.1 Å². The van der Waals surface area contributed by atoms with Crippen LogP contribution in [0.2, 0.25) is 0 Å². The Morgan fingerprint density at radius 2 is 2.00 bits per heavy atom. The van der Waals surface area contributed by atoms with Gasteiger partial charge in [0, 0.05) is 18.3 Å². The molecule has 4 aromatic rings. The fourth-order valence-electron chi connectivity index (χ4n) is 2.93. The van der Waals surface area contributed by atoms with Crippen molar-refractivity contribution in [1.29, 1.82) is 0 Å². The molecule has 0 aliphatic heterocycles. The average Bonchev–Trinajstić information content (AvgIpc) is 3.29. The number of rotatable bonds is 6. The summed E-state index contributed by atoms with van der Waals surface area (Å²) in [6.45, 7) is 2.35. The quantitative estimate of drug-likeness (QED) is 0.418. The van der Waals surface area contributed by atoms with Gasteiger partial charge in [-0.2, -0.15) is 8.42 Å². The summed E-state index contributed by atoms with van der Waals surface area (Å²) in [5.41, 5.74) is 7.39. The highest BCUT2D eigenvalue weighted by atomic mass is 32.2. The molecule has 3 heterocycles. The molecule has 0 aliphatic rings. The summed E-state index contributed by atoms with van der Waals surface area (Å²) < 4.78 is 46.0. The van der Waals surface area contributed by atoms with Crippen LogP contribution in [-0.2, 0) is 27.7 Å². The third kappa shape index (κ3) is 3.58. The third-order valence-electron chi connectivity index (χ3n) is 4.37. The Bertz CT molecular complexity index is 1310. The highest BCUT2D eigenvalue weighted by Gasteiger charge is 2.22. The maximum atomic E-state index is 12.8. The minimum absolute atomic E-state index is 0.0823. The van der Waals surface area contributed by atoms with E-state index in [1.165, 1.54) is 12.3 Å². The first-order valence-electron chi connectivity index (χ1n) is 8.71. The van der Waals surface area contributed by atoms with Crippen LogP contribution in [0.4, 0.5) is 11.5 Å². The number of nitrogens with one attached hydrogen (secondary N) is 1. The Labute approximate surface area is 174 Å². The third-order valence-corrected chi connectivity index (χ3v) is 6.58. The number of nitrogen functional groups attached to an aromatic ring is 1. The molecule has 1 aromatic carbocycles. The highest BCUT2D eigenvalue weighted by molar-refractivity contribution is 7.92. The predicted molar refractivity (Wildman–Crippen MR) is 110 cm³/mol. The van der Waals surface area contributed by atoms with E-state index >= 15 is 0 Å². The summed E-state index contributed by atoms with van der Waals surface area (Å²) >= 11 is -1.15. The molecule has 13 heteroatoms. The van der Waals surface area contributed by atoms with Gasteiger partial charge in [-0.25, -0.2) is 14.6 Å². The normalized spacial score (nSPS) is 12.9. The lowest BCUT2D eigenvalue weighted by Crippen LogP contribution is -2.14. The summed E-state index contributed by atoms with van der Waals surface area (Å²) in [4.78, 5) is 9.08. The number of fused-ring (bicyclic) bond motifs is 1. The SMILES string of the molecule is CCn1c(-c2nonc2N)nc2cnc(S(=O)(=O)Nc3ccc([S+](C)[O-])cc3)cc21. The van der Waals surface area contributed by atoms with Crippen LogP contribution in [0.3, 0.4) is 0 Å². The topological polar surface area (TPSA) is 165 Å². The van der Waals surface area contributed by atoms with Crippen molar-refractivity contribution in [2.45, 2.75) is 23.4 Å². The van der Waals surface area contributed by atoms with Gasteiger partial charge >= 0.3 is 0 Å². The number of nitrogens with zero attached hydrogens (tertiary/aromatic N) is 5. The molecular formula is C17H17N7O4S2. The first-order valence-corrected chi connectivity index (χ1v) is 11.7. The molecule has 11 nitrogen and oxygen atoms in total. The summed E-state index contributed by atoms with van der Waals surface area (Å²) in [6.07, 6.45) is 2.92. The van der Waals surface area contributed by atoms with Crippen LogP contribution in [0.25, 0.3) is 22.6 Å². The Morgan fingerprint density at radius 3 is 2.60 bits per heavy atom. The minimum Gasteiger partial charge on any atom is -0.612 e. The van der Waals surface area contributed by atoms with Crippen molar-refractivity contribution in [3.63, 3.8) is 0 Å². The van der Waals surface area contributed by atoms with E-state index < -0.39 is 21.2 Å². The molecule has 0 radical (unpaired) electrons. The zero-order valence-electron chi connectivity index (χ0n) is 15.9. The molecule has 30 heavy (non-hydrogen) atoms. The van der Waals surface area contributed by atoms with Crippen LogP contribution in [0.1, 0.15) is 6.92 Å². The molecule has 0 bridgehead atoms. The van der Waals surface area contributed by atoms with Gasteiger partial charge in [0.25, 0.3) is 10.0 Å². The maximum absolute atomic E-state index is 12.8. The number of nitrogens with two attached hydrogens (primary N) is 1. The molecule has 0 amide bonds. The van der Waals surface area contributed by atoms with Crippen molar-refractivity contribution < 1.29 is 17.6 Å². The molecule has 3 aromatic heterocycles. The maximum Gasteiger partial charge on any atom is 0.279 e. The van der Waals surface area contributed by atoms with Gasteiger partial charge < -0.3 is 14.9 Å². The van der Waals surface area contributed by atoms with Crippen molar-refractivity contribution in [2.24, 2.45) is 0 Å². The average molecular weight is 448 g/mol. The fourth-order valence-corrected chi connectivity index (χ4v) is 4.46. The molecule has 0 saturated carbocycles. The van der Waals surface area contributed by atoms with Gasteiger partial charge in [-0.15, -0.1) is 0 Å². The number of aromatic nitrogens is 5. The zero-order chi connectivity index (χ0) is 21.5. The Balaban J connectivity index is 1.72. The molecular weight excluding hydrogens is 430 g/mol. The Kier molecular flexibility index (Phi) is 5.09. The van der Waals surface area contributed by atoms with Gasteiger partial charge in [0.15, 0.2) is 27.3 Å². The molecule has 1 atom stereocenters. The van der Waals surface area contributed by atoms with Crippen LogP contribution < -0.4 is 10.5 Å². The molecule has 0 saturated heterocycles. The van der Waals surface area contributed by atoms with E-state index in [1.807, 2.05) is 6.92 Å². The van der Waals surface area contributed by atoms with Crippen LogP contribution in [0, 0.1) is 0 Å². The van der Waals surface area contributed by atoms with Crippen LogP contribution in [0.5, 0.6) is 0 Å². The number of anilines is 2. The second-order valence-electron chi connectivity index (χ2n) is 6.27. The standard InChI is InChI=1S/C17H17N7O4S2/c1-3-24-13-8-14(19-9-12(13)20-17(24)15-16(18)22-28-21-15)30(26,27)23-10-4-6-11(7-5-10)29(2)25/h4-9,23H,3H2,1-2H3,(H2,18,22). The number of pyridine rings is 1. The minimum atomic E-state index is -3.96. The summed E-state index contributed by atoms with van der Waals surface area (Å²) in [6, 6.07) is 7.71. The van der Waals surface area contributed by atoms with E-state index in [1.54, 1.807) is 35.1 Å². The Morgan fingerprint density at radius 1 is 1.27 bits per heavy atom. The lowest BCUT2D eigenvalue weighted by molar-refractivity contribution is 0.310. The Hall–Kier alpha value is -3.16. The first-order chi connectivity index (χ1) is 14.3. The van der Waals surface area contributed by atoms with Crippen molar-refractivity contribution in [2.75, 3.05) is 16.7 Å². The first kappa shape index (κ1) is 20.1. The van der Waals surface area contributed by atoms with Crippen LogP contribution >= 0.6 is 0 Å². The predicted octanol–water partition coefficient (Wildman–Crippen LogP) is 1.62. The number of hydrogen-bond donors (Lipinski definition) is 2. The van der Waals surface area contributed by atoms with E-state index in [-0.39, 0.29) is 16.5 Å². The molecule has 0 spiro atoms. The van der Waals surface area contributed by atoms with Crippen molar-refractivity contribution >= 4 is 43.7 Å². The lowest BCUT2D eigenvalue weighted by atomic mass is 10.3. The fraction of sp³-hybridized carbons (Fsp3) is 0.176. The van der Waals surface area contributed by atoms with Gasteiger partial charge in [-0.3, -0.25) is 4.72 Å². The van der Waals surface area contributed by atoms with Crippen molar-refractivity contribution in [3.8, 4) is 11.5 Å². The zero-order valence-corrected chi connectivity index (χ0v) is 17.6. The molecule has 156 valence electrons. The molecule has 0 aliphatic carbocycles. The number of hydrogen-bond acceptors (Lipinski definition) is 9. The highest BCUT2D eigenvalue weighted by Crippen LogP contribution is 2.27. The number of sulfonamides is 1. The second-order valence-corrected chi connectivity index (χ2v) is 9.28. The summed E-state index contributed by atoms with van der Waals surface area (Å²) in [5, 5.41) is 7.15. The van der Waals surface area contributed by atoms with E-state index in [0.29, 0.717) is 34.0 Å². The largest absolute Gasteiger partial charge is 0.612 e. The second kappa shape index (κ2) is 7.59. The van der Waals surface area contributed by atoms with E-state index in [9.17, 15) is 13.0 Å². The lowest BCUT2D eigenvalue weighted by Gasteiger charge is -2.09. The number of benzene rings is 1. The molecule has 1 unspecified atom stereocenters. The van der Waals surface area contributed by atoms with E-state index in [2.05, 4.69) is 29.6 Å². The summed E-state index contributed by atoms with van der Waals surface area (Å²) in [7, 11) is -3.96. The van der Waals surface area contributed by atoms with E-state index in [4.69, 9.17) is 5.73 Å². The monoisotopic (exact) mass is 447 g/mol. The molecule has 3 N–H and O–H groups in total. The van der Waals surface area contributed by atoms with Gasteiger partial charge in [-0.1, -0.05) is 0 Å². The summed E-state index contributed by atoms with van der Waals surface area (Å²) in [5.74, 6) is 0.484. The smallest absolute Gasteiger partial charge is 0.279 e. The van der Waals surface area contributed by atoms with E-state index in [0.717, 1.165) is 0 Å². The van der Waals surface area contributed by atoms with Gasteiger partial charge in [0.2, 0.25) is 0 Å². The van der Waals surface area contributed by atoms with Crippen LogP contribution in [0.15, 0.2) is 51.1 Å². The van der Waals surface area contributed by atoms with Gasteiger partial charge in [0.05, 0.1) is 11.7 Å². The van der Waals surface area contributed by atoms with Gasteiger partial charge in [0.1, 0.15) is 11.8 Å². The number of imidazole rings is 1. The number of aryl methyl sites for hydroxylation is 1. The molecule has 4 rings (SSSR count). The molecule has 0 fully saturated rings. The van der Waals surface area contributed by atoms with Gasteiger partial charge in [-0.05, 0) is 52.7 Å².